The normalized spacial score (nSPS) is 20.0. The summed E-state index contributed by atoms with van der Waals surface area (Å²) >= 11 is 0. The van der Waals surface area contributed by atoms with E-state index in [0.29, 0.717) is 25.9 Å². The lowest BCUT2D eigenvalue weighted by Crippen LogP contribution is -2.42. The zero-order valence-electron chi connectivity index (χ0n) is 12.5. The molecule has 1 fully saturated rings. The van der Waals surface area contributed by atoms with Crippen LogP contribution in [0.3, 0.4) is 0 Å². The van der Waals surface area contributed by atoms with Gasteiger partial charge in [-0.3, -0.25) is 9.59 Å². The van der Waals surface area contributed by atoms with Crippen LogP contribution >= 0.6 is 0 Å². The van der Waals surface area contributed by atoms with Gasteiger partial charge in [0.1, 0.15) is 0 Å². The van der Waals surface area contributed by atoms with Gasteiger partial charge in [-0.15, -0.1) is 0 Å². The van der Waals surface area contributed by atoms with Crippen LogP contribution in [0.1, 0.15) is 44.1 Å². The fourth-order valence-electron chi connectivity index (χ4n) is 2.97. The zero-order valence-corrected chi connectivity index (χ0v) is 12.5. The number of likely N-dealkylation sites (tertiary alicyclic amines) is 1. The molecule has 1 heterocycles. The summed E-state index contributed by atoms with van der Waals surface area (Å²) in [5, 5.41) is 9.11. The number of aliphatic carboxylic acids is 1. The Morgan fingerprint density at radius 3 is 2.67 bits per heavy atom. The van der Waals surface area contributed by atoms with Crippen molar-refractivity contribution in [3.8, 4) is 0 Å². The highest BCUT2D eigenvalue weighted by Gasteiger charge is 2.29. The van der Waals surface area contributed by atoms with Crippen molar-refractivity contribution in [2.75, 3.05) is 13.1 Å². The van der Waals surface area contributed by atoms with Crippen molar-refractivity contribution in [3.05, 3.63) is 35.9 Å². The number of carboxylic acid groups (broad SMARTS) is 1. The molecule has 1 aromatic rings. The minimum absolute atomic E-state index is 0.0802. The van der Waals surface area contributed by atoms with Crippen LogP contribution < -0.4 is 0 Å². The van der Waals surface area contributed by atoms with Crippen molar-refractivity contribution in [1.29, 1.82) is 0 Å². The number of rotatable bonds is 5. The number of nitrogens with zero attached hydrogens (tertiary/aromatic N) is 1. The Balaban J connectivity index is 1.98. The molecule has 1 aromatic carbocycles. The highest BCUT2D eigenvalue weighted by molar-refractivity contribution is 5.78. The summed E-state index contributed by atoms with van der Waals surface area (Å²) in [5.74, 6) is -0.900. The van der Waals surface area contributed by atoms with E-state index in [0.717, 1.165) is 12.8 Å². The van der Waals surface area contributed by atoms with Gasteiger partial charge in [-0.1, -0.05) is 37.3 Å². The third-order valence-corrected chi connectivity index (χ3v) is 4.31. The van der Waals surface area contributed by atoms with E-state index in [9.17, 15) is 9.59 Å². The molecule has 0 radical (unpaired) electrons. The molecule has 1 saturated heterocycles. The first-order valence-electron chi connectivity index (χ1n) is 7.67. The number of carboxylic acids is 1. The molecular weight excluding hydrogens is 266 g/mol. The summed E-state index contributed by atoms with van der Waals surface area (Å²) < 4.78 is 0. The predicted octanol–water partition coefficient (Wildman–Crippen LogP) is 2.89. The first-order valence-corrected chi connectivity index (χ1v) is 7.67. The zero-order chi connectivity index (χ0) is 15.2. The van der Waals surface area contributed by atoms with Crippen LogP contribution in [-0.2, 0) is 9.59 Å². The summed E-state index contributed by atoms with van der Waals surface area (Å²) in [6, 6.07) is 10.1. The van der Waals surface area contributed by atoms with Gasteiger partial charge in [0.15, 0.2) is 0 Å². The first-order chi connectivity index (χ1) is 10.1. The number of hydrogen-bond acceptors (Lipinski definition) is 2. The Kier molecular flexibility index (Phi) is 5.37. The van der Waals surface area contributed by atoms with E-state index >= 15 is 0 Å². The second-order valence-electron chi connectivity index (χ2n) is 5.74. The van der Waals surface area contributed by atoms with Gasteiger partial charge >= 0.3 is 5.97 Å². The van der Waals surface area contributed by atoms with Gasteiger partial charge in [0.2, 0.25) is 5.91 Å². The van der Waals surface area contributed by atoms with Gasteiger partial charge < -0.3 is 10.0 Å². The molecule has 2 rings (SSSR count). The Hall–Kier alpha value is -1.84. The van der Waals surface area contributed by atoms with Crippen molar-refractivity contribution >= 4 is 11.9 Å². The third kappa shape index (κ3) is 4.06. The van der Waals surface area contributed by atoms with Gasteiger partial charge in [0.05, 0.1) is 5.92 Å². The fraction of sp³-hybridized carbons (Fsp3) is 0.529. The molecule has 0 aromatic heterocycles. The van der Waals surface area contributed by atoms with Gasteiger partial charge in [0.25, 0.3) is 0 Å². The summed E-state index contributed by atoms with van der Waals surface area (Å²) in [7, 11) is 0. The van der Waals surface area contributed by atoms with Crippen LogP contribution in [0.2, 0.25) is 0 Å². The molecule has 2 unspecified atom stereocenters. The second-order valence-corrected chi connectivity index (χ2v) is 5.74. The van der Waals surface area contributed by atoms with Crippen molar-refractivity contribution < 1.29 is 14.7 Å². The van der Waals surface area contributed by atoms with Crippen molar-refractivity contribution in [2.24, 2.45) is 5.92 Å². The van der Waals surface area contributed by atoms with E-state index in [4.69, 9.17) is 5.11 Å². The standard InChI is InChI=1S/C17H23NO3/c1-2-13(14-7-4-3-5-8-14)11-16(19)18-10-6-9-15(12-18)17(20)21/h3-5,7-8,13,15H,2,6,9-12H2,1H3,(H,20,21). The van der Waals surface area contributed by atoms with Gasteiger partial charge in [-0.2, -0.15) is 0 Å². The molecule has 1 amide bonds. The van der Waals surface area contributed by atoms with E-state index in [2.05, 4.69) is 19.1 Å². The van der Waals surface area contributed by atoms with Crippen LogP contribution in [0, 0.1) is 5.92 Å². The molecule has 0 saturated carbocycles. The molecule has 2 atom stereocenters. The van der Waals surface area contributed by atoms with E-state index in [1.165, 1.54) is 5.56 Å². The molecule has 114 valence electrons. The lowest BCUT2D eigenvalue weighted by Gasteiger charge is -2.31. The van der Waals surface area contributed by atoms with Crippen LogP contribution in [-0.4, -0.2) is 35.0 Å². The molecule has 1 aliphatic rings. The summed E-state index contributed by atoms with van der Waals surface area (Å²) in [6.45, 7) is 3.13. The Morgan fingerprint density at radius 1 is 1.33 bits per heavy atom. The minimum atomic E-state index is -0.789. The molecular formula is C17H23NO3. The molecule has 1 N–H and O–H groups in total. The molecule has 1 aliphatic heterocycles. The van der Waals surface area contributed by atoms with Gasteiger partial charge in [-0.05, 0) is 30.7 Å². The number of carbonyl (C=O) groups is 2. The van der Waals surface area contributed by atoms with Crippen LogP contribution in [0.25, 0.3) is 0 Å². The summed E-state index contributed by atoms with van der Waals surface area (Å²) in [5.41, 5.74) is 1.18. The number of carbonyl (C=O) groups excluding carboxylic acids is 1. The van der Waals surface area contributed by atoms with Gasteiger partial charge in [0, 0.05) is 19.5 Å². The monoisotopic (exact) mass is 289 g/mol. The Labute approximate surface area is 125 Å². The molecule has 4 heteroatoms. The molecule has 0 spiro atoms. The van der Waals surface area contributed by atoms with Crippen molar-refractivity contribution in [2.45, 2.75) is 38.5 Å². The van der Waals surface area contributed by atoms with Gasteiger partial charge in [-0.25, -0.2) is 0 Å². The highest BCUT2D eigenvalue weighted by atomic mass is 16.4. The summed E-state index contributed by atoms with van der Waals surface area (Å²) in [6.07, 6.45) is 2.83. The van der Waals surface area contributed by atoms with Crippen molar-refractivity contribution in [3.63, 3.8) is 0 Å². The van der Waals surface area contributed by atoms with Crippen LogP contribution in [0.4, 0.5) is 0 Å². The number of hydrogen-bond donors (Lipinski definition) is 1. The SMILES string of the molecule is CCC(CC(=O)N1CCCC(C(=O)O)C1)c1ccccc1. The van der Waals surface area contributed by atoms with E-state index in [-0.39, 0.29) is 11.8 Å². The molecule has 21 heavy (non-hydrogen) atoms. The van der Waals surface area contributed by atoms with Crippen molar-refractivity contribution in [1.82, 2.24) is 4.90 Å². The van der Waals surface area contributed by atoms with Crippen LogP contribution in [0.5, 0.6) is 0 Å². The fourth-order valence-corrected chi connectivity index (χ4v) is 2.97. The average Bonchev–Trinajstić information content (AvgIpc) is 2.53. The quantitative estimate of drug-likeness (QED) is 0.906. The second kappa shape index (κ2) is 7.25. The van der Waals surface area contributed by atoms with E-state index in [1.54, 1.807) is 4.90 Å². The predicted molar refractivity (Wildman–Crippen MR) is 81.0 cm³/mol. The smallest absolute Gasteiger partial charge is 0.308 e. The first kappa shape index (κ1) is 15.5. The van der Waals surface area contributed by atoms with Crippen LogP contribution in [0.15, 0.2) is 30.3 Å². The Bertz CT molecular complexity index is 486. The maximum absolute atomic E-state index is 12.4. The number of amides is 1. The minimum Gasteiger partial charge on any atom is -0.481 e. The number of piperidine rings is 1. The maximum atomic E-state index is 12.4. The van der Waals surface area contributed by atoms with E-state index in [1.807, 2.05) is 18.2 Å². The lowest BCUT2D eigenvalue weighted by atomic mass is 9.91. The number of benzene rings is 1. The topological polar surface area (TPSA) is 57.6 Å². The molecule has 4 nitrogen and oxygen atoms in total. The molecule has 0 aliphatic carbocycles. The lowest BCUT2D eigenvalue weighted by molar-refractivity contribution is -0.145. The average molecular weight is 289 g/mol. The Morgan fingerprint density at radius 2 is 2.05 bits per heavy atom. The van der Waals surface area contributed by atoms with E-state index < -0.39 is 11.9 Å². The highest BCUT2D eigenvalue weighted by Crippen LogP contribution is 2.25. The maximum Gasteiger partial charge on any atom is 0.308 e. The molecule has 0 bridgehead atoms. The summed E-state index contributed by atoms with van der Waals surface area (Å²) in [4.78, 5) is 25.3. The third-order valence-electron chi connectivity index (χ3n) is 4.31. The largest absolute Gasteiger partial charge is 0.481 e.